The maximum Gasteiger partial charge on any atom is 0.339 e. The number of anilines is 1. The van der Waals surface area contributed by atoms with Gasteiger partial charge in [0.25, 0.3) is 0 Å². The van der Waals surface area contributed by atoms with Gasteiger partial charge in [0.05, 0.1) is 22.2 Å². The number of aryl methyl sites for hydroxylation is 1. The lowest BCUT2D eigenvalue weighted by molar-refractivity contribution is -0.116. The third-order valence-electron chi connectivity index (χ3n) is 5.13. The van der Waals surface area contributed by atoms with Gasteiger partial charge in [-0.2, -0.15) is 0 Å². The molecule has 2 aromatic heterocycles. The molecule has 0 radical (unpaired) electrons. The van der Waals surface area contributed by atoms with Gasteiger partial charge >= 0.3 is 5.63 Å². The minimum atomic E-state index is -3.33. The van der Waals surface area contributed by atoms with E-state index in [1.165, 1.54) is 30.6 Å². The number of carbonyl (C=O) groups is 1. The Hall–Kier alpha value is -3.24. The van der Waals surface area contributed by atoms with Crippen molar-refractivity contribution in [3.8, 4) is 5.75 Å². The third-order valence-corrected chi connectivity index (χ3v) is 7.17. The first-order valence-corrected chi connectivity index (χ1v) is 12.4. The van der Waals surface area contributed by atoms with Crippen molar-refractivity contribution in [1.82, 2.24) is 4.98 Å². The van der Waals surface area contributed by atoms with E-state index in [1.807, 2.05) is 13.0 Å². The average Bonchev–Trinajstić information content (AvgIpc) is 3.13. The topological polar surface area (TPSA) is 116 Å². The maximum atomic E-state index is 12.5. The summed E-state index contributed by atoms with van der Waals surface area (Å²) in [4.78, 5) is 29.4. The number of methoxy groups -OCH3 is 1. The van der Waals surface area contributed by atoms with Crippen LogP contribution in [-0.4, -0.2) is 32.7 Å². The summed E-state index contributed by atoms with van der Waals surface area (Å²) >= 11 is 1.19. The quantitative estimate of drug-likeness (QED) is 0.426. The Labute approximate surface area is 187 Å². The van der Waals surface area contributed by atoms with Crippen LogP contribution in [0.15, 0.2) is 50.5 Å². The molecular formula is C22H20N2O6S2. The number of carbonyl (C=O) groups excluding carboxylic acids is 1. The van der Waals surface area contributed by atoms with Crippen LogP contribution in [0, 0.1) is 6.92 Å². The summed E-state index contributed by atoms with van der Waals surface area (Å²) in [6.07, 6.45) is 1.42. The number of nitrogens with one attached hydrogen (secondary N) is 1. The van der Waals surface area contributed by atoms with Gasteiger partial charge in [-0.25, -0.2) is 18.2 Å². The smallest absolute Gasteiger partial charge is 0.339 e. The van der Waals surface area contributed by atoms with Crippen LogP contribution in [0.3, 0.4) is 0 Å². The summed E-state index contributed by atoms with van der Waals surface area (Å²) in [6.45, 7) is 1.83. The van der Waals surface area contributed by atoms with E-state index in [0.29, 0.717) is 32.2 Å². The van der Waals surface area contributed by atoms with Crippen LogP contribution in [0.2, 0.25) is 0 Å². The number of hydrogen-bond donors (Lipinski definition) is 1. The van der Waals surface area contributed by atoms with E-state index in [-0.39, 0.29) is 23.6 Å². The first-order valence-electron chi connectivity index (χ1n) is 9.66. The second kappa shape index (κ2) is 8.36. The van der Waals surface area contributed by atoms with Gasteiger partial charge in [-0.3, -0.25) is 4.79 Å². The highest BCUT2D eigenvalue weighted by Gasteiger charge is 2.15. The monoisotopic (exact) mass is 472 g/mol. The molecule has 8 nitrogen and oxygen atoms in total. The molecule has 0 atom stereocenters. The Balaban J connectivity index is 1.50. The lowest BCUT2D eigenvalue weighted by Gasteiger charge is -2.08. The molecule has 0 saturated heterocycles. The van der Waals surface area contributed by atoms with Crippen LogP contribution < -0.4 is 15.7 Å². The summed E-state index contributed by atoms with van der Waals surface area (Å²) in [5, 5.41) is 3.87. The first kappa shape index (κ1) is 22.0. The van der Waals surface area contributed by atoms with Crippen LogP contribution in [-0.2, 0) is 21.1 Å². The third kappa shape index (κ3) is 4.37. The zero-order chi connectivity index (χ0) is 23.0. The van der Waals surface area contributed by atoms with Gasteiger partial charge in [-0.05, 0) is 49.2 Å². The molecule has 32 heavy (non-hydrogen) atoms. The fourth-order valence-corrected chi connectivity index (χ4v) is 5.04. The zero-order valence-corrected chi connectivity index (χ0v) is 19.2. The van der Waals surface area contributed by atoms with E-state index in [4.69, 9.17) is 9.15 Å². The number of ether oxygens (including phenoxy) is 1. The predicted molar refractivity (Wildman–Crippen MR) is 123 cm³/mol. The van der Waals surface area contributed by atoms with Crippen molar-refractivity contribution in [2.24, 2.45) is 0 Å². The molecule has 0 fully saturated rings. The molecular weight excluding hydrogens is 452 g/mol. The van der Waals surface area contributed by atoms with Crippen LogP contribution >= 0.6 is 11.3 Å². The van der Waals surface area contributed by atoms with Crippen LogP contribution in [0.5, 0.6) is 5.75 Å². The van der Waals surface area contributed by atoms with Crippen molar-refractivity contribution in [2.45, 2.75) is 24.7 Å². The van der Waals surface area contributed by atoms with Gasteiger partial charge < -0.3 is 14.5 Å². The zero-order valence-electron chi connectivity index (χ0n) is 17.6. The van der Waals surface area contributed by atoms with Gasteiger partial charge in [0.2, 0.25) is 5.91 Å². The molecule has 1 amide bonds. The Bertz CT molecular complexity index is 1520. The van der Waals surface area contributed by atoms with E-state index < -0.39 is 15.5 Å². The van der Waals surface area contributed by atoms with E-state index in [0.717, 1.165) is 17.2 Å². The standard InChI is InChI=1S/C22H20N2O6S2/c1-12-15-6-4-13(29-2)10-18(15)30-21(26)16(12)7-9-20(25)24-22-23-17-8-5-14(32(3,27)28)11-19(17)31-22/h4-6,8,10-11H,7,9H2,1-3H3,(H,23,24,25). The SMILES string of the molecule is COc1ccc2c(C)c(CCC(=O)Nc3nc4ccc(S(C)(=O)=O)cc4s3)c(=O)oc2c1. The summed E-state index contributed by atoms with van der Waals surface area (Å²) in [5.41, 5.74) is 1.76. The molecule has 2 aromatic carbocycles. The number of thiazole rings is 1. The minimum Gasteiger partial charge on any atom is -0.497 e. The molecule has 0 saturated carbocycles. The number of nitrogens with zero attached hydrogens (tertiary/aromatic N) is 1. The first-order chi connectivity index (χ1) is 15.2. The van der Waals surface area contributed by atoms with Gasteiger partial charge in [0.15, 0.2) is 15.0 Å². The molecule has 0 aliphatic carbocycles. The molecule has 2 heterocycles. The number of hydrogen-bond acceptors (Lipinski definition) is 8. The summed E-state index contributed by atoms with van der Waals surface area (Å²) < 4.78 is 34.7. The number of rotatable bonds is 6. The number of aromatic nitrogens is 1. The summed E-state index contributed by atoms with van der Waals surface area (Å²) in [7, 11) is -1.79. The van der Waals surface area contributed by atoms with Crippen molar-refractivity contribution in [2.75, 3.05) is 18.7 Å². The second-order valence-corrected chi connectivity index (χ2v) is 10.4. The van der Waals surface area contributed by atoms with Crippen LogP contribution in [0.25, 0.3) is 21.2 Å². The highest BCUT2D eigenvalue weighted by molar-refractivity contribution is 7.90. The lowest BCUT2D eigenvalue weighted by atomic mass is 10.0. The molecule has 1 N–H and O–H groups in total. The fraction of sp³-hybridized carbons (Fsp3) is 0.227. The largest absolute Gasteiger partial charge is 0.497 e. The van der Waals surface area contributed by atoms with Crippen LogP contribution in [0.1, 0.15) is 17.5 Å². The lowest BCUT2D eigenvalue weighted by Crippen LogP contribution is -2.16. The predicted octanol–water partition coefficient (Wildman–Crippen LogP) is 3.69. The Morgan fingerprint density at radius 1 is 1.22 bits per heavy atom. The number of sulfone groups is 1. The molecule has 4 rings (SSSR count). The molecule has 4 aromatic rings. The maximum absolute atomic E-state index is 12.5. The highest BCUT2D eigenvalue weighted by atomic mass is 32.2. The Morgan fingerprint density at radius 2 is 2.00 bits per heavy atom. The van der Waals surface area contributed by atoms with Gasteiger partial charge in [-0.15, -0.1) is 0 Å². The van der Waals surface area contributed by atoms with Gasteiger partial charge in [0.1, 0.15) is 11.3 Å². The molecule has 0 aliphatic heterocycles. The van der Waals surface area contributed by atoms with Crippen LogP contribution in [0.4, 0.5) is 5.13 Å². The molecule has 166 valence electrons. The van der Waals surface area contributed by atoms with Gasteiger partial charge in [-0.1, -0.05) is 11.3 Å². The molecule has 0 spiro atoms. The normalized spacial score (nSPS) is 11.7. The minimum absolute atomic E-state index is 0.0672. The van der Waals surface area contributed by atoms with E-state index in [9.17, 15) is 18.0 Å². The van der Waals surface area contributed by atoms with Gasteiger partial charge in [0, 0.05) is 29.7 Å². The molecule has 0 unspecified atom stereocenters. The van der Waals surface area contributed by atoms with Crippen molar-refractivity contribution < 1.29 is 22.4 Å². The highest BCUT2D eigenvalue weighted by Crippen LogP contribution is 2.29. The number of benzene rings is 2. The molecule has 0 bridgehead atoms. The van der Waals surface area contributed by atoms with Crippen molar-refractivity contribution >= 4 is 53.4 Å². The van der Waals surface area contributed by atoms with Crippen molar-refractivity contribution in [3.05, 3.63) is 57.9 Å². The number of fused-ring (bicyclic) bond motifs is 2. The average molecular weight is 473 g/mol. The van der Waals surface area contributed by atoms with Crippen molar-refractivity contribution in [3.63, 3.8) is 0 Å². The van der Waals surface area contributed by atoms with E-state index >= 15 is 0 Å². The Kier molecular flexibility index (Phi) is 5.74. The Morgan fingerprint density at radius 3 is 2.72 bits per heavy atom. The second-order valence-electron chi connectivity index (χ2n) is 7.32. The fourth-order valence-electron chi connectivity index (χ4n) is 3.40. The van der Waals surface area contributed by atoms with E-state index in [1.54, 1.807) is 18.2 Å². The van der Waals surface area contributed by atoms with E-state index in [2.05, 4.69) is 10.3 Å². The summed E-state index contributed by atoms with van der Waals surface area (Å²) in [5.74, 6) is 0.285. The molecule has 10 heteroatoms. The number of amides is 1. The molecule has 0 aliphatic rings. The summed E-state index contributed by atoms with van der Waals surface area (Å²) in [6, 6.07) is 9.89. The van der Waals surface area contributed by atoms with Crippen molar-refractivity contribution in [1.29, 1.82) is 0 Å².